The number of benzene rings is 1. The van der Waals surface area contributed by atoms with E-state index in [4.69, 9.17) is 5.73 Å². The molecule has 108 valence electrons. The lowest BCUT2D eigenvalue weighted by Gasteiger charge is -2.05. The lowest BCUT2D eigenvalue weighted by molar-refractivity contribution is 0.580. The lowest BCUT2D eigenvalue weighted by atomic mass is 10.2. The molecule has 3 N–H and O–H groups in total. The molecule has 1 aromatic heterocycles. The summed E-state index contributed by atoms with van der Waals surface area (Å²) in [4.78, 5) is 0.150. The molecular weight excluding hydrogens is 281 g/mol. The van der Waals surface area contributed by atoms with Crippen molar-refractivity contribution in [1.29, 1.82) is 0 Å². The molecule has 0 radical (unpaired) electrons. The van der Waals surface area contributed by atoms with Crippen molar-refractivity contribution in [3.8, 4) is 0 Å². The summed E-state index contributed by atoms with van der Waals surface area (Å²) in [7, 11) is -1.90. The third-order valence-corrected chi connectivity index (χ3v) is 4.33. The van der Waals surface area contributed by atoms with Gasteiger partial charge in [-0.2, -0.15) is 0 Å². The fourth-order valence-corrected chi connectivity index (χ4v) is 2.95. The van der Waals surface area contributed by atoms with E-state index in [1.54, 1.807) is 17.7 Å². The highest BCUT2D eigenvalue weighted by Crippen LogP contribution is 2.13. The molecule has 5 nitrogen and oxygen atoms in total. The van der Waals surface area contributed by atoms with Crippen molar-refractivity contribution in [2.75, 3.05) is 0 Å². The summed E-state index contributed by atoms with van der Waals surface area (Å²) in [6, 6.07) is 7.31. The van der Waals surface area contributed by atoms with Gasteiger partial charge in [0.05, 0.1) is 4.90 Å². The van der Waals surface area contributed by atoms with E-state index in [0.29, 0.717) is 5.56 Å². The van der Waals surface area contributed by atoms with Crippen LogP contribution in [0.2, 0.25) is 0 Å². The first kappa shape index (κ1) is 14.7. The molecule has 0 aliphatic rings. The van der Waals surface area contributed by atoms with Gasteiger partial charge in [-0.25, -0.2) is 17.5 Å². The summed E-state index contributed by atoms with van der Waals surface area (Å²) in [5.41, 5.74) is 6.79. The molecule has 0 amide bonds. The summed E-state index contributed by atoms with van der Waals surface area (Å²) in [5.74, 6) is -0.396. The Morgan fingerprint density at radius 1 is 1.35 bits per heavy atom. The first-order valence-electron chi connectivity index (χ1n) is 6.02. The van der Waals surface area contributed by atoms with Crippen LogP contribution in [0.5, 0.6) is 0 Å². The second kappa shape index (κ2) is 5.74. The Morgan fingerprint density at radius 2 is 2.10 bits per heavy atom. The number of nitrogens with one attached hydrogen (secondary N) is 1. The van der Waals surface area contributed by atoms with E-state index in [2.05, 4.69) is 4.72 Å². The molecule has 0 fully saturated rings. The average molecular weight is 297 g/mol. The quantitative estimate of drug-likeness (QED) is 0.867. The molecule has 1 aromatic carbocycles. The van der Waals surface area contributed by atoms with Gasteiger partial charge in [-0.05, 0) is 23.8 Å². The summed E-state index contributed by atoms with van der Waals surface area (Å²) in [5, 5.41) is 0. The Morgan fingerprint density at radius 3 is 2.70 bits per heavy atom. The number of nitrogens with zero attached hydrogens (tertiary/aromatic N) is 1. The van der Waals surface area contributed by atoms with Gasteiger partial charge in [-0.15, -0.1) is 0 Å². The van der Waals surface area contributed by atoms with Crippen LogP contribution in [-0.4, -0.2) is 13.0 Å². The van der Waals surface area contributed by atoms with E-state index in [9.17, 15) is 12.8 Å². The van der Waals surface area contributed by atoms with Gasteiger partial charge in [0.1, 0.15) is 5.82 Å². The zero-order chi connectivity index (χ0) is 14.8. The molecule has 0 saturated carbocycles. The van der Waals surface area contributed by atoms with Crippen LogP contribution in [-0.2, 0) is 30.2 Å². The molecule has 0 bridgehead atoms. The molecular formula is C13H16FN3O2S. The van der Waals surface area contributed by atoms with Gasteiger partial charge in [0.2, 0.25) is 10.0 Å². The van der Waals surface area contributed by atoms with Gasteiger partial charge < -0.3 is 10.3 Å². The van der Waals surface area contributed by atoms with E-state index in [1.807, 2.05) is 0 Å². The molecule has 1 heterocycles. The zero-order valence-corrected chi connectivity index (χ0v) is 11.8. The second-order valence-electron chi connectivity index (χ2n) is 4.44. The zero-order valence-electron chi connectivity index (χ0n) is 11.0. The van der Waals surface area contributed by atoms with Crippen LogP contribution < -0.4 is 10.5 Å². The predicted octanol–water partition coefficient (Wildman–Crippen LogP) is 1.10. The number of hydrogen-bond acceptors (Lipinski definition) is 3. The van der Waals surface area contributed by atoms with Crippen LogP contribution >= 0.6 is 0 Å². The first-order valence-corrected chi connectivity index (χ1v) is 7.50. The Bertz CT molecular complexity index is 710. The predicted molar refractivity (Wildman–Crippen MR) is 73.7 cm³/mol. The molecule has 0 aliphatic heterocycles. The van der Waals surface area contributed by atoms with Crippen LogP contribution in [0.15, 0.2) is 41.4 Å². The van der Waals surface area contributed by atoms with E-state index in [-0.39, 0.29) is 18.0 Å². The molecule has 0 aliphatic carbocycles. The van der Waals surface area contributed by atoms with Crippen LogP contribution in [0.3, 0.4) is 0 Å². The Balaban J connectivity index is 2.15. The highest BCUT2D eigenvalue weighted by atomic mass is 32.2. The van der Waals surface area contributed by atoms with Crippen molar-refractivity contribution in [3.05, 3.63) is 53.6 Å². The minimum Gasteiger partial charge on any atom is -0.352 e. The van der Waals surface area contributed by atoms with Gasteiger partial charge in [0.25, 0.3) is 0 Å². The molecule has 0 atom stereocenters. The summed E-state index contributed by atoms with van der Waals surface area (Å²) >= 11 is 0. The summed E-state index contributed by atoms with van der Waals surface area (Å²) < 4.78 is 41.3. The van der Waals surface area contributed by atoms with Gasteiger partial charge in [0, 0.05) is 32.0 Å². The molecule has 2 rings (SSSR count). The highest BCUT2D eigenvalue weighted by molar-refractivity contribution is 7.89. The number of halogens is 1. The molecule has 0 unspecified atom stereocenters. The highest BCUT2D eigenvalue weighted by Gasteiger charge is 2.16. The minimum absolute atomic E-state index is 0.0347. The van der Waals surface area contributed by atoms with Crippen molar-refractivity contribution in [2.24, 2.45) is 12.8 Å². The first-order chi connectivity index (χ1) is 9.42. The van der Waals surface area contributed by atoms with Gasteiger partial charge in [-0.3, -0.25) is 0 Å². The third kappa shape index (κ3) is 3.24. The standard InChI is InChI=1S/C13H16FN3O2S/c1-17-9-13(6-12(17)7-15)20(18,19)16-8-10-3-2-4-11(14)5-10/h2-6,9,16H,7-8,15H2,1H3. The fourth-order valence-electron chi connectivity index (χ4n) is 1.84. The normalized spacial score (nSPS) is 11.8. The molecule has 7 heteroatoms. The van der Waals surface area contributed by atoms with Crippen molar-refractivity contribution in [1.82, 2.24) is 9.29 Å². The molecule has 0 spiro atoms. The maximum Gasteiger partial charge on any atom is 0.242 e. The number of rotatable bonds is 5. The van der Waals surface area contributed by atoms with E-state index < -0.39 is 15.8 Å². The summed E-state index contributed by atoms with van der Waals surface area (Å²) in [6.45, 7) is 0.295. The average Bonchev–Trinajstić information content (AvgIpc) is 2.79. The lowest BCUT2D eigenvalue weighted by Crippen LogP contribution is -2.22. The maximum atomic E-state index is 13.0. The Hall–Kier alpha value is -1.70. The van der Waals surface area contributed by atoms with Crippen molar-refractivity contribution in [3.63, 3.8) is 0 Å². The van der Waals surface area contributed by atoms with Gasteiger partial charge in [-0.1, -0.05) is 12.1 Å². The number of sulfonamides is 1. The van der Waals surface area contributed by atoms with Crippen molar-refractivity contribution in [2.45, 2.75) is 18.0 Å². The maximum absolute atomic E-state index is 13.0. The monoisotopic (exact) mass is 297 g/mol. The fraction of sp³-hybridized carbons (Fsp3) is 0.231. The van der Waals surface area contributed by atoms with Crippen LogP contribution in [0.4, 0.5) is 4.39 Å². The van der Waals surface area contributed by atoms with Crippen LogP contribution in [0.1, 0.15) is 11.3 Å². The Labute approximate surface area is 117 Å². The number of aromatic nitrogens is 1. The van der Waals surface area contributed by atoms with Gasteiger partial charge >= 0.3 is 0 Å². The van der Waals surface area contributed by atoms with Crippen LogP contribution in [0.25, 0.3) is 0 Å². The van der Waals surface area contributed by atoms with Crippen LogP contribution in [0, 0.1) is 5.82 Å². The molecule has 20 heavy (non-hydrogen) atoms. The molecule has 2 aromatic rings. The second-order valence-corrected chi connectivity index (χ2v) is 6.20. The van der Waals surface area contributed by atoms with E-state index in [0.717, 1.165) is 5.69 Å². The van der Waals surface area contributed by atoms with Gasteiger partial charge in [0.15, 0.2) is 0 Å². The summed E-state index contributed by atoms with van der Waals surface area (Å²) in [6.07, 6.45) is 1.50. The smallest absolute Gasteiger partial charge is 0.242 e. The number of aryl methyl sites for hydroxylation is 1. The van der Waals surface area contributed by atoms with E-state index >= 15 is 0 Å². The van der Waals surface area contributed by atoms with Crippen molar-refractivity contribution < 1.29 is 12.8 Å². The number of nitrogens with two attached hydrogens (primary N) is 1. The SMILES string of the molecule is Cn1cc(S(=O)(=O)NCc2cccc(F)c2)cc1CN. The minimum atomic E-state index is -3.63. The molecule has 0 saturated heterocycles. The Kier molecular flexibility index (Phi) is 4.22. The van der Waals surface area contributed by atoms with E-state index in [1.165, 1.54) is 30.5 Å². The number of hydrogen-bond donors (Lipinski definition) is 2. The third-order valence-electron chi connectivity index (χ3n) is 2.96. The van der Waals surface area contributed by atoms with Crippen molar-refractivity contribution >= 4 is 10.0 Å². The topological polar surface area (TPSA) is 77.1 Å². The largest absolute Gasteiger partial charge is 0.352 e.